The first-order valence-electron chi connectivity index (χ1n) is 5.62. The van der Waals surface area contributed by atoms with Crippen LogP contribution in [0.5, 0.6) is 0 Å². The first-order valence-corrected chi connectivity index (χ1v) is 6.53. The summed E-state index contributed by atoms with van der Waals surface area (Å²) in [7, 11) is 0. The lowest BCUT2D eigenvalue weighted by Gasteiger charge is -2.22. The molecule has 0 spiro atoms. The number of carbonyl (C=O) groups excluding carboxylic acids is 1. The van der Waals surface area contributed by atoms with Crippen LogP contribution >= 0.6 is 15.9 Å². The van der Waals surface area contributed by atoms with E-state index in [1.165, 1.54) is 5.56 Å². The Kier molecular flexibility index (Phi) is 5.53. The van der Waals surface area contributed by atoms with Gasteiger partial charge >= 0.3 is 0 Å². The number of hydrogen-bond acceptors (Lipinski definition) is 1. The molecule has 88 valence electrons. The van der Waals surface area contributed by atoms with Crippen LogP contribution in [0.25, 0.3) is 0 Å². The molecule has 16 heavy (non-hydrogen) atoms. The molecule has 1 atom stereocenters. The van der Waals surface area contributed by atoms with Gasteiger partial charge in [-0.15, -0.1) is 0 Å². The van der Waals surface area contributed by atoms with Gasteiger partial charge < -0.3 is 4.90 Å². The number of carbonyl (C=O) groups is 1. The van der Waals surface area contributed by atoms with Gasteiger partial charge in [0.15, 0.2) is 0 Å². The maximum atomic E-state index is 11.8. The maximum Gasteiger partial charge on any atom is 0.236 e. The molecular weight excluding hydrogens is 266 g/mol. The second-order valence-corrected chi connectivity index (χ2v) is 5.14. The minimum absolute atomic E-state index is 0.0942. The molecule has 1 amide bonds. The highest BCUT2D eigenvalue weighted by Gasteiger charge is 2.15. The Morgan fingerprint density at radius 2 is 2.00 bits per heavy atom. The van der Waals surface area contributed by atoms with Crippen molar-refractivity contribution >= 4 is 21.8 Å². The van der Waals surface area contributed by atoms with E-state index in [9.17, 15) is 4.79 Å². The number of nitrogens with zero attached hydrogens (tertiary/aromatic N) is 1. The lowest BCUT2D eigenvalue weighted by Crippen LogP contribution is -2.36. The van der Waals surface area contributed by atoms with E-state index in [0.29, 0.717) is 0 Å². The third-order valence-electron chi connectivity index (χ3n) is 2.55. The summed E-state index contributed by atoms with van der Waals surface area (Å²) in [4.78, 5) is 13.6. The summed E-state index contributed by atoms with van der Waals surface area (Å²) in [5.74, 6) is 0.165. The van der Waals surface area contributed by atoms with Crippen LogP contribution < -0.4 is 0 Å². The molecule has 3 heteroatoms. The Morgan fingerprint density at radius 1 is 1.38 bits per heavy atom. The smallest absolute Gasteiger partial charge is 0.236 e. The van der Waals surface area contributed by atoms with Crippen LogP contribution in [-0.4, -0.2) is 28.7 Å². The first-order chi connectivity index (χ1) is 7.65. The van der Waals surface area contributed by atoms with Crippen molar-refractivity contribution in [3.8, 4) is 0 Å². The van der Waals surface area contributed by atoms with E-state index in [1.807, 2.05) is 36.9 Å². The number of likely N-dealkylation sites (N-methyl/N-ethyl adjacent to an activating group) is 1. The molecule has 0 aliphatic heterocycles. The second-order valence-electron chi connectivity index (χ2n) is 3.77. The highest BCUT2D eigenvalue weighted by Crippen LogP contribution is 2.06. The predicted octanol–water partition coefficient (Wildman–Crippen LogP) is 2.86. The molecule has 0 saturated heterocycles. The van der Waals surface area contributed by atoms with Crippen molar-refractivity contribution in [1.29, 1.82) is 0 Å². The predicted molar refractivity (Wildman–Crippen MR) is 70.8 cm³/mol. The monoisotopic (exact) mass is 283 g/mol. The second kappa shape index (κ2) is 6.69. The summed E-state index contributed by atoms with van der Waals surface area (Å²) in [5, 5.41) is 0. The molecule has 1 rings (SSSR count). The molecule has 0 fully saturated rings. The van der Waals surface area contributed by atoms with Gasteiger partial charge in [0.1, 0.15) is 0 Å². The van der Waals surface area contributed by atoms with Crippen molar-refractivity contribution in [2.45, 2.75) is 25.1 Å². The average molecular weight is 284 g/mol. The van der Waals surface area contributed by atoms with Gasteiger partial charge in [-0.05, 0) is 25.8 Å². The van der Waals surface area contributed by atoms with Gasteiger partial charge in [-0.2, -0.15) is 0 Å². The molecule has 1 aromatic carbocycles. The van der Waals surface area contributed by atoms with E-state index >= 15 is 0 Å². The van der Waals surface area contributed by atoms with Gasteiger partial charge in [-0.3, -0.25) is 4.79 Å². The Hall–Kier alpha value is -0.830. The van der Waals surface area contributed by atoms with Gasteiger partial charge in [0.05, 0.1) is 4.83 Å². The number of halogens is 1. The highest BCUT2D eigenvalue weighted by atomic mass is 79.9. The highest BCUT2D eigenvalue weighted by molar-refractivity contribution is 9.10. The van der Waals surface area contributed by atoms with Crippen LogP contribution in [0.1, 0.15) is 19.4 Å². The summed E-state index contributed by atoms with van der Waals surface area (Å²) < 4.78 is 0. The molecule has 0 aliphatic rings. The molecule has 0 saturated carbocycles. The fourth-order valence-electron chi connectivity index (χ4n) is 1.58. The van der Waals surface area contributed by atoms with E-state index in [2.05, 4.69) is 28.1 Å². The maximum absolute atomic E-state index is 11.8. The molecule has 0 aromatic heterocycles. The van der Waals surface area contributed by atoms with E-state index in [0.717, 1.165) is 19.5 Å². The number of amides is 1. The van der Waals surface area contributed by atoms with Gasteiger partial charge in [0, 0.05) is 13.1 Å². The van der Waals surface area contributed by atoms with Gasteiger partial charge in [0.2, 0.25) is 5.91 Å². The lowest BCUT2D eigenvalue weighted by atomic mass is 10.1. The zero-order chi connectivity index (χ0) is 12.0. The van der Waals surface area contributed by atoms with Crippen molar-refractivity contribution in [3.05, 3.63) is 35.9 Å². The Labute approximate surface area is 106 Å². The average Bonchev–Trinajstić information content (AvgIpc) is 2.30. The molecule has 0 radical (unpaired) electrons. The molecule has 2 nitrogen and oxygen atoms in total. The van der Waals surface area contributed by atoms with Crippen LogP contribution in [0.2, 0.25) is 0 Å². The van der Waals surface area contributed by atoms with Crippen molar-refractivity contribution in [2.24, 2.45) is 0 Å². The lowest BCUT2D eigenvalue weighted by molar-refractivity contribution is -0.129. The summed E-state index contributed by atoms with van der Waals surface area (Å²) in [6, 6.07) is 10.2. The zero-order valence-electron chi connectivity index (χ0n) is 9.82. The van der Waals surface area contributed by atoms with Gasteiger partial charge in [-0.25, -0.2) is 0 Å². The van der Waals surface area contributed by atoms with Gasteiger partial charge in [0.25, 0.3) is 0 Å². The molecule has 1 aromatic rings. The van der Waals surface area contributed by atoms with Crippen LogP contribution in [0.4, 0.5) is 0 Å². The van der Waals surface area contributed by atoms with Crippen molar-refractivity contribution in [2.75, 3.05) is 13.1 Å². The summed E-state index contributed by atoms with van der Waals surface area (Å²) >= 11 is 3.32. The summed E-state index contributed by atoms with van der Waals surface area (Å²) in [6.07, 6.45) is 0.917. The number of hydrogen-bond donors (Lipinski definition) is 0. The van der Waals surface area contributed by atoms with Gasteiger partial charge in [-0.1, -0.05) is 46.3 Å². The molecule has 1 unspecified atom stereocenters. The van der Waals surface area contributed by atoms with E-state index in [-0.39, 0.29) is 10.7 Å². The largest absolute Gasteiger partial charge is 0.342 e. The summed E-state index contributed by atoms with van der Waals surface area (Å²) in [5.41, 5.74) is 1.27. The topological polar surface area (TPSA) is 20.3 Å². The fourth-order valence-corrected chi connectivity index (χ4v) is 1.87. The zero-order valence-corrected chi connectivity index (χ0v) is 11.4. The van der Waals surface area contributed by atoms with Crippen molar-refractivity contribution < 1.29 is 4.79 Å². The minimum atomic E-state index is -0.0942. The van der Waals surface area contributed by atoms with Crippen molar-refractivity contribution in [3.63, 3.8) is 0 Å². The quantitative estimate of drug-likeness (QED) is 0.761. The van der Waals surface area contributed by atoms with E-state index in [1.54, 1.807) is 0 Å². The first kappa shape index (κ1) is 13.2. The molecule has 0 bridgehead atoms. The number of rotatable bonds is 5. The SMILES string of the molecule is CCN(CCc1ccccc1)C(=O)C(C)Br. The van der Waals surface area contributed by atoms with E-state index < -0.39 is 0 Å². The third-order valence-corrected chi connectivity index (χ3v) is 2.94. The molecule has 0 heterocycles. The standard InChI is InChI=1S/C13H18BrNO/c1-3-15(13(16)11(2)14)10-9-12-7-5-4-6-8-12/h4-8,11H,3,9-10H2,1-2H3. The number of benzene rings is 1. The van der Waals surface area contributed by atoms with Crippen LogP contribution in [0.3, 0.4) is 0 Å². The minimum Gasteiger partial charge on any atom is -0.342 e. The Balaban J connectivity index is 2.49. The van der Waals surface area contributed by atoms with Crippen molar-refractivity contribution in [1.82, 2.24) is 4.90 Å². The summed E-state index contributed by atoms with van der Waals surface area (Å²) in [6.45, 7) is 5.43. The molecule has 0 aliphatic carbocycles. The van der Waals surface area contributed by atoms with E-state index in [4.69, 9.17) is 0 Å². The fraction of sp³-hybridized carbons (Fsp3) is 0.462. The molecule has 0 N–H and O–H groups in total. The van der Waals surface area contributed by atoms with Crippen LogP contribution in [0.15, 0.2) is 30.3 Å². The normalized spacial score (nSPS) is 12.2. The van der Waals surface area contributed by atoms with Crippen LogP contribution in [0, 0.1) is 0 Å². The third kappa shape index (κ3) is 3.97. The van der Waals surface area contributed by atoms with Crippen LogP contribution in [-0.2, 0) is 11.2 Å². The molecular formula is C13H18BrNO. The number of alkyl halides is 1. The Bertz CT molecular complexity index is 324. The Morgan fingerprint density at radius 3 is 2.50 bits per heavy atom.